The van der Waals surface area contributed by atoms with Crippen LogP contribution >= 0.6 is 11.6 Å². The summed E-state index contributed by atoms with van der Waals surface area (Å²) in [5, 5.41) is 4.31. The number of nitrogens with zero attached hydrogens (tertiary/aromatic N) is 2. The van der Waals surface area contributed by atoms with Crippen LogP contribution in [0.3, 0.4) is 0 Å². The van der Waals surface area contributed by atoms with E-state index in [0.717, 1.165) is 42.5 Å². The Morgan fingerprint density at radius 1 is 1.19 bits per heavy atom. The maximum Gasteiger partial charge on any atom is 0.162 e. The van der Waals surface area contributed by atoms with E-state index in [1.807, 2.05) is 25.6 Å². The second kappa shape index (κ2) is 6.79. The molecule has 0 aliphatic rings. The van der Waals surface area contributed by atoms with E-state index in [4.69, 9.17) is 16.3 Å². The standard InChI is InChI=1S/C12H21ClN2O/c1-10-12(11(2)15(3)14-10)16-9-7-5-4-6-8-13/h4-9H2,1-3H3. The molecule has 1 aromatic heterocycles. The van der Waals surface area contributed by atoms with Crippen LogP contribution in [0.25, 0.3) is 0 Å². The molecule has 1 rings (SSSR count). The molecule has 1 aromatic rings. The van der Waals surface area contributed by atoms with E-state index < -0.39 is 0 Å². The predicted octanol–water partition coefficient (Wildman–Crippen LogP) is 3.21. The van der Waals surface area contributed by atoms with Crippen molar-refractivity contribution in [2.24, 2.45) is 7.05 Å². The van der Waals surface area contributed by atoms with Crippen molar-refractivity contribution in [3.05, 3.63) is 11.4 Å². The molecule has 4 heteroatoms. The van der Waals surface area contributed by atoms with Crippen LogP contribution in [-0.4, -0.2) is 22.3 Å². The summed E-state index contributed by atoms with van der Waals surface area (Å²) in [5.74, 6) is 1.71. The van der Waals surface area contributed by atoms with E-state index in [2.05, 4.69) is 5.10 Å². The summed E-state index contributed by atoms with van der Waals surface area (Å²) in [6.07, 6.45) is 4.57. The smallest absolute Gasteiger partial charge is 0.162 e. The Kier molecular flexibility index (Phi) is 5.67. The number of halogens is 1. The summed E-state index contributed by atoms with van der Waals surface area (Å²) in [4.78, 5) is 0. The summed E-state index contributed by atoms with van der Waals surface area (Å²) >= 11 is 5.61. The molecule has 16 heavy (non-hydrogen) atoms. The van der Waals surface area contributed by atoms with Crippen molar-refractivity contribution in [3.63, 3.8) is 0 Å². The summed E-state index contributed by atoms with van der Waals surface area (Å²) in [7, 11) is 1.94. The van der Waals surface area contributed by atoms with Crippen molar-refractivity contribution in [1.82, 2.24) is 9.78 Å². The van der Waals surface area contributed by atoms with Crippen molar-refractivity contribution in [2.45, 2.75) is 39.5 Å². The summed E-state index contributed by atoms with van der Waals surface area (Å²) in [6, 6.07) is 0. The van der Waals surface area contributed by atoms with Gasteiger partial charge in [0.25, 0.3) is 0 Å². The average Bonchev–Trinajstić information content (AvgIpc) is 2.49. The Labute approximate surface area is 103 Å². The van der Waals surface area contributed by atoms with Crippen molar-refractivity contribution in [1.29, 1.82) is 0 Å². The third-order valence-electron chi connectivity index (χ3n) is 2.72. The molecule has 1 heterocycles. The molecule has 0 aliphatic heterocycles. The van der Waals surface area contributed by atoms with Crippen molar-refractivity contribution >= 4 is 11.6 Å². The number of alkyl halides is 1. The van der Waals surface area contributed by atoms with E-state index in [1.165, 1.54) is 12.8 Å². The number of hydrogen-bond donors (Lipinski definition) is 0. The van der Waals surface area contributed by atoms with Crippen molar-refractivity contribution < 1.29 is 4.74 Å². The summed E-state index contributed by atoms with van der Waals surface area (Å²) < 4.78 is 7.61. The largest absolute Gasteiger partial charge is 0.490 e. The first kappa shape index (κ1) is 13.4. The first-order chi connectivity index (χ1) is 7.66. The van der Waals surface area contributed by atoms with Gasteiger partial charge in [0, 0.05) is 12.9 Å². The zero-order valence-corrected chi connectivity index (χ0v) is 11.2. The number of aromatic nitrogens is 2. The van der Waals surface area contributed by atoms with Gasteiger partial charge in [-0.15, -0.1) is 11.6 Å². The fourth-order valence-corrected chi connectivity index (χ4v) is 1.88. The SMILES string of the molecule is Cc1nn(C)c(C)c1OCCCCCCCl. The Bertz CT molecular complexity index is 323. The minimum atomic E-state index is 0.766. The molecule has 0 aromatic carbocycles. The molecule has 3 nitrogen and oxygen atoms in total. The number of rotatable bonds is 7. The molecule has 0 N–H and O–H groups in total. The van der Waals surface area contributed by atoms with Gasteiger partial charge in [-0.1, -0.05) is 12.8 Å². The predicted molar refractivity (Wildman–Crippen MR) is 67.4 cm³/mol. The van der Waals surface area contributed by atoms with Crippen molar-refractivity contribution in [3.8, 4) is 5.75 Å². The number of aryl methyl sites for hydroxylation is 2. The lowest BCUT2D eigenvalue weighted by Gasteiger charge is -2.06. The molecule has 0 aliphatic carbocycles. The molecule has 0 spiro atoms. The van der Waals surface area contributed by atoms with Gasteiger partial charge in [-0.25, -0.2) is 0 Å². The molecule has 0 atom stereocenters. The highest BCUT2D eigenvalue weighted by molar-refractivity contribution is 6.17. The Balaban J connectivity index is 2.26. The normalized spacial score (nSPS) is 10.8. The Morgan fingerprint density at radius 2 is 1.88 bits per heavy atom. The molecule has 0 bridgehead atoms. The van der Waals surface area contributed by atoms with Gasteiger partial charge in [0.15, 0.2) is 5.75 Å². The molecular formula is C12H21ClN2O. The van der Waals surface area contributed by atoms with Crippen LogP contribution in [0.2, 0.25) is 0 Å². The van der Waals surface area contributed by atoms with Gasteiger partial charge < -0.3 is 4.74 Å². The fourth-order valence-electron chi connectivity index (χ4n) is 1.69. The first-order valence-corrected chi connectivity index (χ1v) is 6.39. The van der Waals surface area contributed by atoms with Crippen LogP contribution < -0.4 is 4.74 Å². The molecule has 0 saturated heterocycles. The van der Waals surface area contributed by atoms with Gasteiger partial charge in [0.1, 0.15) is 5.69 Å². The lowest BCUT2D eigenvalue weighted by molar-refractivity contribution is 0.301. The zero-order valence-electron chi connectivity index (χ0n) is 10.4. The Hall–Kier alpha value is -0.700. The second-order valence-electron chi connectivity index (χ2n) is 4.08. The zero-order chi connectivity index (χ0) is 12.0. The maximum absolute atomic E-state index is 5.75. The van der Waals surface area contributed by atoms with E-state index >= 15 is 0 Å². The van der Waals surface area contributed by atoms with Gasteiger partial charge >= 0.3 is 0 Å². The maximum atomic E-state index is 5.75. The lowest BCUT2D eigenvalue weighted by atomic mass is 10.2. The van der Waals surface area contributed by atoms with Crippen LogP contribution in [0.5, 0.6) is 5.75 Å². The van der Waals surface area contributed by atoms with Gasteiger partial charge in [-0.05, 0) is 26.7 Å². The van der Waals surface area contributed by atoms with Crippen LogP contribution in [0, 0.1) is 13.8 Å². The summed E-state index contributed by atoms with van der Waals surface area (Å²) in [6.45, 7) is 4.79. The van der Waals surface area contributed by atoms with Gasteiger partial charge in [-0.2, -0.15) is 5.10 Å². The topological polar surface area (TPSA) is 27.1 Å². The van der Waals surface area contributed by atoms with E-state index in [1.54, 1.807) is 0 Å². The monoisotopic (exact) mass is 244 g/mol. The average molecular weight is 245 g/mol. The van der Waals surface area contributed by atoms with Gasteiger partial charge in [0.05, 0.1) is 12.3 Å². The van der Waals surface area contributed by atoms with Crippen LogP contribution in [-0.2, 0) is 7.05 Å². The highest BCUT2D eigenvalue weighted by atomic mass is 35.5. The third kappa shape index (κ3) is 3.71. The highest BCUT2D eigenvalue weighted by Crippen LogP contribution is 2.21. The van der Waals surface area contributed by atoms with E-state index in [9.17, 15) is 0 Å². The number of hydrogen-bond acceptors (Lipinski definition) is 2. The van der Waals surface area contributed by atoms with Gasteiger partial charge in [-0.3, -0.25) is 4.68 Å². The number of ether oxygens (including phenoxy) is 1. The van der Waals surface area contributed by atoms with Crippen LogP contribution in [0.4, 0.5) is 0 Å². The first-order valence-electron chi connectivity index (χ1n) is 5.85. The molecule has 0 fully saturated rings. The Morgan fingerprint density at radius 3 is 2.44 bits per heavy atom. The van der Waals surface area contributed by atoms with E-state index in [-0.39, 0.29) is 0 Å². The minimum Gasteiger partial charge on any atom is -0.490 e. The van der Waals surface area contributed by atoms with Gasteiger partial charge in [0.2, 0.25) is 0 Å². The fraction of sp³-hybridized carbons (Fsp3) is 0.750. The summed E-state index contributed by atoms with van der Waals surface area (Å²) in [5.41, 5.74) is 2.07. The molecular weight excluding hydrogens is 224 g/mol. The quantitative estimate of drug-likeness (QED) is 0.544. The molecule has 0 amide bonds. The highest BCUT2D eigenvalue weighted by Gasteiger charge is 2.09. The molecule has 92 valence electrons. The molecule has 0 saturated carbocycles. The molecule has 0 unspecified atom stereocenters. The minimum absolute atomic E-state index is 0.766. The third-order valence-corrected chi connectivity index (χ3v) is 2.98. The second-order valence-corrected chi connectivity index (χ2v) is 4.45. The molecule has 0 radical (unpaired) electrons. The lowest BCUT2D eigenvalue weighted by Crippen LogP contribution is -1.99. The van der Waals surface area contributed by atoms with Crippen molar-refractivity contribution in [2.75, 3.05) is 12.5 Å². The van der Waals surface area contributed by atoms with Crippen LogP contribution in [0.1, 0.15) is 37.1 Å². The number of unbranched alkanes of at least 4 members (excludes halogenated alkanes) is 3. The van der Waals surface area contributed by atoms with Crippen LogP contribution in [0.15, 0.2) is 0 Å². The van der Waals surface area contributed by atoms with E-state index in [0.29, 0.717) is 0 Å².